The van der Waals surface area contributed by atoms with E-state index in [1.54, 1.807) is 0 Å². The Morgan fingerprint density at radius 2 is 1.66 bits per heavy atom. The molecule has 2 N–H and O–H groups in total. The smallest absolute Gasteiger partial charge is 0.269 e. The quantitative estimate of drug-likeness (QED) is 0.253. The molecule has 182 valence electrons. The Kier molecular flexibility index (Phi) is 8.47. The Hall–Kier alpha value is -3.87. The fourth-order valence-electron chi connectivity index (χ4n) is 2.95. The van der Waals surface area contributed by atoms with Gasteiger partial charge in [-0.2, -0.15) is 4.31 Å². The van der Waals surface area contributed by atoms with Crippen molar-refractivity contribution in [1.82, 2.24) is 9.62 Å². The second-order valence-corrected chi connectivity index (χ2v) is 9.77. The Bertz CT molecular complexity index is 1300. The highest BCUT2D eigenvalue weighted by Crippen LogP contribution is 2.20. The summed E-state index contributed by atoms with van der Waals surface area (Å²) < 4.78 is 32.2. The van der Waals surface area contributed by atoms with Gasteiger partial charge in [-0.25, -0.2) is 8.42 Å². The number of carbonyl (C=O) groups is 1. The number of carbonyl (C=O) groups excluding carboxylic acids is 1. The van der Waals surface area contributed by atoms with Crippen molar-refractivity contribution in [2.75, 3.05) is 19.0 Å². The molecule has 0 saturated heterocycles. The lowest BCUT2D eigenvalue weighted by atomic mass is 10.2. The van der Waals surface area contributed by atoms with Gasteiger partial charge in [0.1, 0.15) is 5.75 Å². The van der Waals surface area contributed by atoms with Crippen LogP contribution in [0.3, 0.4) is 0 Å². The maximum absolute atomic E-state index is 12.8. The zero-order valence-electron chi connectivity index (χ0n) is 18.6. The van der Waals surface area contributed by atoms with E-state index in [0.29, 0.717) is 11.4 Å². The predicted molar refractivity (Wildman–Crippen MR) is 134 cm³/mol. The van der Waals surface area contributed by atoms with Crippen molar-refractivity contribution < 1.29 is 22.9 Å². The second-order valence-electron chi connectivity index (χ2n) is 7.31. The van der Waals surface area contributed by atoms with E-state index in [1.165, 1.54) is 59.9 Å². The molecule has 35 heavy (non-hydrogen) atoms. The molecule has 0 saturated carbocycles. The number of nitrogens with zero attached hydrogens (tertiary/aromatic N) is 2. The number of nitrogens with one attached hydrogen (secondary N) is 2. The summed E-state index contributed by atoms with van der Waals surface area (Å²) in [5.41, 5.74) is 1.26. The van der Waals surface area contributed by atoms with Crippen molar-refractivity contribution in [3.8, 4) is 5.75 Å². The van der Waals surface area contributed by atoms with Crippen LogP contribution in [0.2, 0.25) is 0 Å². The van der Waals surface area contributed by atoms with Gasteiger partial charge in [0.25, 0.3) is 11.6 Å². The molecule has 0 bridgehead atoms. The van der Waals surface area contributed by atoms with Gasteiger partial charge in [-0.15, -0.1) is 0 Å². The molecule has 10 nitrogen and oxygen atoms in total. The van der Waals surface area contributed by atoms with Gasteiger partial charge in [-0.05, 0) is 54.2 Å². The first-order valence-corrected chi connectivity index (χ1v) is 12.1. The largest absolute Gasteiger partial charge is 0.484 e. The van der Waals surface area contributed by atoms with Crippen LogP contribution < -0.4 is 15.4 Å². The van der Waals surface area contributed by atoms with Crippen LogP contribution in [0.25, 0.3) is 0 Å². The molecule has 3 aromatic rings. The van der Waals surface area contributed by atoms with Gasteiger partial charge in [-0.1, -0.05) is 30.3 Å². The van der Waals surface area contributed by atoms with E-state index < -0.39 is 20.9 Å². The molecule has 1 amide bonds. The van der Waals surface area contributed by atoms with E-state index in [1.807, 2.05) is 30.3 Å². The van der Waals surface area contributed by atoms with Crippen molar-refractivity contribution >= 4 is 44.6 Å². The Labute approximate surface area is 207 Å². The maximum Gasteiger partial charge on any atom is 0.269 e. The Balaban J connectivity index is 1.50. The molecule has 3 aromatic carbocycles. The summed E-state index contributed by atoms with van der Waals surface area (Å²) >= 11 is 5.11. The molecule has 0 unspecified atom stereocenters. The molecule has 0 aliphatic heterocycles. The van der Waals surface area contributed by atoms with E-state index in [9.17, 15) is 23.3 Å². The van der Waals surface area contributed by atoms with Crippen LogP contribution in [-0.4, -0.2) is 42.3 Å². The van der Waals surface area contributed by atoms with Crippen LogP contribution >= 0.6 is 12.2 Å². The number of sulfonamides is 1. The number of non-ortho nitro benzene ring substituents is 1. The van der Waals surface area contributed by atoms with Crippen molar-refractivity contribution in [2.45, 2.75) is 11.4 Å². The van der Waals surface area contributed by atoms with Crippen molar-refractivity contribution in [2.24, 2.45) is 0 Å². The molecule has 0 radical (unpaired) electrons. The molecule has 0 aliphatic rings. The van der Waals surface area contributed by atoms with Gasteiger partial charge in [0.15, 0.2) is 11.7 Å². The van der Waals surface area contributed by atoms with E-state index >= 15 is 0 Å². The van der Waals surface area contributed by atoms with E-state index in [0.717, 1.165) is 5.56 Å². The minimum atomic E-state index is -3.69. The van der Waals surface area contributed by atoms with Crippen molar-refractivity contribution in [1.29, 1.82) is 0 Å². The molecular formula is C23H22N4O6S2. The average Bonchev–Trinajstić information content (AvgIpc) is 2.84. The minimum Gasteiger partial charge on any atom is -0.484 e. The summed E-state index contributed by atoms with van der Waals surface area (Å²) in [4.78, 5) is 22.3. The van der Waals surface area contributed by atoms with Crippen LogP contribution in [0.5, 0.6) is 5.75 Å². The van der Waals surface area contributed by atoms with Gasteiger partial charge >= 0.3 is 0 Å². The Morgan fingerprint density at radius 1 is 1.03 bits per heavy atom. The van der Waals surface area contributed by atoms with Crippen LogP contribution in [-0.2, 0) is 21.4 Å². The first kappa shape index (κ1) is 25.7. The summed E-state index contributed by atoms with van der Waals surface area (Å²) in [5.74, 6) is -0.249. The first-order chi connectivity index (χ1) is 16.6. The third-order valence-corrected chi connectivity index (χ3v) is 6.76. The summed E-state index contributed by atoms with van der Waals surface area (Å²) in [6.07, 6.45) is 0. The topological polar surface area (TPSA) is 131 Å². The molecule has 0 aliphatic carbocycles. The lowest BCUT2D eigenvalue weighted by Gasteiger charge is -2.17. The summed E-state index contributed by atoms with van der Waals surface area (Å²) in [6, 6.07) is 20.5. The number of ether oxygens (including phenoxy) is 1. The molecule has 12 heteroatoms. The maximum atomic E-state index is 12.8. The third-order valence-electron chi connectivity index (χ3n) is 4.74. The molecule has 0 heterocycles. The highest BCUT2D eigenvalue weighted by Gasteiger charge is 2.21. The van der Waals surface area contributed by atoms with Crippen LogP contribution in [0.15, 0.2) is 83.8 Å². The van der Waals surface area contributed by atoms with Gasteiger partial charge in [0, 0.05) is 31.4 Å². The zero-order chi connectivity index (χ0) is 25.4. The van der Waals surface area contributed by atoms with Crippen molar-refractivity contribution in [3.63, 3.8) is 0 Å². The number of thiocarbonyl (C=S) groups is 1. The first-order valence-electron chi connectivity index (χ1n) is 10.2. The van der Waals surface area contributed by atoms with E-state index in [2.05, 4.69) is 10.6 Å². The van der Waals surface area contributed by atoms with Crippen LogP contribution in [0, 0.1) is 10.1 Å². The lowest BCUT2D eigenvalue weighted by molar-refractivity contribution is -0.384. The van der Waals surface area contributed by atoms with E-state index in [4.69, 9.17) is 17.0 Å². The number of benzene rings is 3. The summed E-state index contributed by atoms with van der Waals surface area (Å²) in [5, 5.41) is 15.9. The zero-order valence-corrected chi connectivity index (χ0v) is 20.2. The highest BCUT2D eigenvalue weighted by atomic mass is 32.2. The normalized spacial score (nSPS) is 11.0. The van der Waals surface area contributed by atoms with Crippen LogP contribution in [0.1, 0.15) is 5.56 Å². The minimum absolute atomic E-state index is 0.000831. The van der Waals surface area contributed by atoms with Gasteiger partial charge < -0.3 is 10.1 Å². The number of hydrogen-bond acceptors (Lipinski definition) is 7. The second kappa shape index (κ2) is 11.5. The molecule has 0 atom stereocenters. The van der Waals surface area contributed by atoms with Gasteiger partial charge in [0.2, 0.25) is 10.0 Å². The number of hydrogen-bond donors (Lipinski definition) is 2. The number of nitro groups is 1. The summed E-state index contributed by atoms with van der Waals surface area (Å²) in [6.45, 7) is -0.119. The molecule has 0 aromatic heterocycles. The molecular weight excluding hydrogens is 492 g/mol. The van der Waals surface area contributed by atoms with Gasteiger partial charge in [-0.3, -0.25) is 20.2 Å². The SMILES string of the molecule is CN(Cc1ccccc1)S(=O)(=O)c1ccc(NC(=S)NC(=O)COc2ccc([N+](=O)[O-])cc2)cc1. The highest BCUT2D eigenvalue weighted by molar-refractivity contribution is 7.89. The lowest BCUT2D eigenvalue weighted by Crippen LogP contribution is -2.37. The fourth-order valence-corrected chi connectivity index (χ4v) is 4.34. The molecule has 0 fully saturated rings. The van der Waals surface area contributed by atoms with Crippen molar-refractivity contribution in [3.05, 3.63) is 94.5 Å². The number of amides is 1. The van der Waals surface area contributed by atoms with Crippen LogP contribution in [0.4, 0.5) is 11.4 Å². The fraction of sp³-hybridized carbons (Fsp3) is 0.130. The Morgan fingerprint density at radius 3 is 2.26 bits per heavy atom. The number of rotatable bonds is 9. The average molecular weight is 515 g/mol. The number of nitro benzene ring substituents is 1. The molecule has 3 rings (SSSR count). The molecule has 0 spiro atoms. The predicted octanol–water partition coefficient (Wildman–Crippen LogP) is 3.31. The monoisotopic (exact) mass is 514 g/mol. The van der Waals surface area contributed by atoms with E-state index in [-0.39, 0.29) is 28.8 Å². The summed E-state index contributed by atoms with van der Waals surface area (Å²) in [7, 11) is -2.18. The standard InChI is InChI=1S/C23H22N4O6S2/c1-26(15-17-5-3-2-4-6-17)35(31,32)21-13-7-18(8-14-21)24-23(34)25-22(28)16-33-20-11-9-19(10-12-20)27(29)30/h2-14H,15-16H2,1H3,(H2,24,25,28,34). The number of anilines is 1. The van der Waals surface area contributed by atoms with Gasteiger partial charge in [0.05, 0.1) is 9.82 Å². The third kappa shape index (κ3) is 7.30.